The molecule has 0 aliphatic carbocycles. The van der Waals surface area contributed by atoms with E-state index in [1.54, 1.807) is 5.32 Å². The quantitative estimate of drug-likeness (QED) is 0.717. The van der Waals surface area contributed by atoms with Gasteiger partial charge in [-0.15, -0.1) is 6.42 Å². The molecular weight excluding hydrogens is 373 g/mol. The van der Waals surface area contributed by atoms with Crippen molar-refractivity contribution >= 4 is 15.9 Å². The maximum absolute atomic E-state index is 12.4. The van der Waals surface area contributed by atoms with Crippen LogP contribution in [0.15, 0.2) is 29.2 Å². The van der Waals surface area contributed by atoms with Gasteiger partial charge in [0.2, 0.25) is 10.0 Å². The second-order valence-corrected chi connectivity index (χ2v) is 7.43. The van der Waals surface area contributed by atoms with Gasteiger partial charge < -0.3 is 10.1 Å². The third-order valence-corrected chi connectivity index (χ3v) is 5.23. The fourth-order valence-electron chi connectivity index (χ4n) is 2.39. The molecule has 1 heterocycles. The number of rotatable bonds is 6. The summed E-state index contributed by atoms with van der Waals surface area (Å²) in [6.07, 6.45) is 1.50. The number of ether oxygens (including phenoxy) is 1. The van der Waals surface area contributed by atoms with Crippen molar-refractivity contribution in [2.45, 2.75) is 23.5 Å². The minimum Gasteiger partial charge on any atom is -0.381 e. The van der Waals surface area contributed by atoms with E-state index in [-0.39, 0.29) is 16.4 Å². The first-order chi connectivity index (χ1) is 12.1. The van der Waals surface area contributed by atoms with Crippen LogP contribution in [0, 0.1) is 18.3 Å². The lowest BCUT2D eigenvalue weighted by Gasteiger charge is -2.18. The van der Waals surface area contributed by atoms with Gasteiger partial charge in [-0.1, -0.05) is 5.92 Å². The first kappa shape index (κ1) is 20.2. The first-order valence-corrected chi connectivity index (χ1v) is 9.12. The molecule has 1 fully saturated rings. The first-order valence-electron chi connectivity index (χ1n) is 7.63. The summed E-state index contributed by atoms with van der Waals surface area (Å²) in [6, 6.07) is 3.78. The zero-order chi connectivity index (χ0) is 19.4. The van der Waals surface area contributed by atoms with E-state index < -0.39 is 34.7 Å². The molecule has 6 nitrogen and oxygen atoms in total. The summed E-state index contributed by atoms with van der Waals surface area (Å²) in [4.78, 5) is 11.5. The molecule has 26 heavy (non-hydrogen) atoms. The molecule has 1 amide bonds. The van der Waals surface area contributed by atoms with Crippen molar-refractivity contribution in [1.82, 2.24) is 10.0 Å². The lowest BCUT2D eigenvalue weighted by Crippen LogP contribution is -2.39. The summed E-state index contributed by atoms with van der Waals surface area (Å²) in [5.41, 5.74) is -0.0918. The van der Waals surface area contributed by atoms with Crippen molar-refractivity contribution < 1.29 is 31.1 Å². The third kappa shape index (κ3) is 5.45. The Labute approximate surface area is 149 Å². The molecule has 0 radical (unpaired) electrons. The van der Waals surface area contributed by atoms with Gasteiger partial charge in [-0.3, -0.25) is 4.79 Å². The number of hydrogen-bond donors (Lipinski definition) is 2. The highest BCUT2D eigenvalue weighted by Crippen LogP contribution is 2.19. The average molecular weight is 390 g/mol. The highest BCUT2D eigenvalue weighted by molar-refractivity contribution is 7.89. The molecule has 1 aromatic rings. The van der Waals surface area contributed by atoms with Gasteiger partial charge in [0, 0.05) is 18.1 Å². The van der Waals surface area contributed by atoms with E-state index in [0.717, 1.165) is 24.3 Å². The molecule has 2 atom stereocenters. The van der Waals surface area contributed by atoms with Crippen molar-refractivity contribution in [1.29, 1.82) is 0 Å². The van der Waals surface area contributed by atoms with Gasteiger partial charge in [-0.2, -0.15) is 17.9 Å². The highest BCUT2D eigenvalue weighted by Gasteiger charge is 2.29. The lowest BCUT2D eigenvalue weighted by molar-refractivity contribution is -0.123. The maximum atomic E-state index is 12.4. The molecule has 2 N–H and O–H groups in total. The number of halogens is 3. The van der Waals surface area contributed by atoms with Crippen molar-refractivity contribution in [2.24, 2.45) is 5.92 Å². The van der Waals surface area contributed by atoms with Crippen molar-refractivity contribution in [3.63, 3.8) is 0 Å². The van der Waals surface area contributed by atoms with Crippen molar-refractivity contribution in [2.75, 3.05) is 19.8 Å². The van der Waals surface area contributed by atoms with Gasteiger partial charge in [0.05, 0.1) is 17.5 Å². The number of carbonyl (C=O) groups excluding carboxylic acids is 1. The molecule has 0 saturated carbocycles. The Bertz CT molecular complexity index is 779. The zero-order valence-corrected chi connectivity index (χ0v) is 14.4. The molecule has 1 aromatic carbocycles. The number of sulfonamides is 1. The van der Waals surface area contributed by atoms with Crippen LogP contribution in [0.2, 0.25) is 0 Å². The fraction of sp³-hybridized carbons (Fsp3) is 0.438. The van der Waals surface area contributed by atoms with Gasteiger partial charge in [0.25, 0.3) is 5.91 Å². The SMILES string of the molecule is C#C[C@@H](NS(=O)(=O)c1ccc(C(=O)NCC(F)(F)F)cc1)[C@H]1CCOC1. The number of amides is 1. The number of nitrogens with one attached hydrogen (secondary N) is 2. The van der Waals surface area contributed by atoms with E-state index in [1.165, 1.54) is 0 Å². The summed E-state index contributed by atoms with van der Waals surface area (Å²) in [5, 5.41) is 1.71. The average Bonchev–Trinajstić information content (AvgIpc) is 3.11. The summed E-state index contributed by atoms with van der Waals surface area (Å²) >= 11 is 0. The second kappa shape index (κ2) is 8.07. The number of benzene rings is 1. The molecule has 2 rings (SSSR count). The minimum atomic E-state index is -4.53. The topological polar surface area (TPSA) is 84.5 Å². The minimum absolute atomic E-state index is 0.0918. The van der Waals surface area contributed by atoms with E-state index in [4.69, 9.17) is 11.2 Å². The molecule has 1 saturated heterocycles. The standard InChI is InChI=1S/C16H17F3N2O4S/c1-2-14(12-7-8-25-9-12)21-26(23,24)13-5-3-11(4-6-13)15(22)20-10-16(17,18)19/h1,3-6,12,14,21H,7-10H2,(H,20,22)/t12-,14+/m0/s1. The zero-order valence-electron chi connectivity index (χ0n) is 13.5. The van der Waals surface area contributed by atoms with Crippen LogP contribution in [0.25, 0.3) is 0 Å². The third-order valence-electron chi connectivity index (χ3n) is 3.77. The van der Waals surface area contributed by atoms with Crippen LogP contribution in [-0.2, 0) is 14.8 Å². The van der Waals surface area contributed by atoms with Crippen LogP contribution in [0.5, 0.6) is 0 Å². The van der Waals surface area contributed by atoms with E-state index in [9.17, 15) is 26.4 Å². The number of hydrogen-bond acceptors (Lipinski definition) is 4. The Morgan fingerprint density at radius 1 is 1.35 bits per heavy atom. The summed E-state index contributed by atoms with van der Waals surface area (Å²) in [7, 11) is -3.95. The molecule has 10 heteroatoms. The summed E-state index contributed by atoms with van der Waals surface area (Å²) < 4.78 is 68.7. The van der Waals surface area contributed by atoms with Gasteiger partial charge in [0.15, 0.2) is 0 Å². The molecule has 1 aliphatic rings. The Hall–Kier alpha value is -2.09. The normalized spacial score (nSPS) is 18.9. The van der Waals surface area contributed by atoms with Crippen LogP contribution < -0.4 is 10.0 Å². The van der Waals surface area contributed by atoms with Gasteiger partial charge in [-0.25, -0.2) is 8.42 Å². The van der Waals surface area contributed by atoms with Crippen LogP contribution in [0.3, 0.4) is 0 Å². The fourth-order valence-corrected chi connectivity index (χ4v) is 3.61. The Morgan fingerprint density at radius 2 is 2.00 bits per heavy atom. The van der Waals surface area contributed by atoms with Crippen LogP contribution in [0.4, 0.5) is 13.2 Å². The lowest BCUT2D eigenvalue weighted by atomic mass is 10.0. The Kier molecular flexibility index (Phi) is 6.28. The van der Waals surface area contributed by atoms with Crippen molar-refractivity contribution in [3.8, 4) is 12.3 Å². The monoisotopic (exact) mass is 390 g/mol. The maximum Gasteiger partial charge on any atom is 0.405 e. The molecular formula is C16H17F3N2O4S. The predicted octanol–water partition coefficient (Wildman–Crippen LogP) is 1.30. The van der Waals surface area contributed by atoms with Crippen molar-refractivity contribution in [3.05, 3.63) is 29.8 Å². The van der Waals surface area contributed by atoms with E-state index in [0.29, 0.717) is 19.6 Å². The van der Waals surface area contributed by atoms with Gasteiger partial charge in [-0.05, 0) is 30.7 Å². The van der Waals surface area contributed by atoms with Gasteiger partial charge >= 0.3 is 6.18 Å². The molecule has 142 valence electrons. The van der Waals surface area contributed by atoms with E-state index in [2.05, 4.69) is 10.6 Å². The number of alkyl halides is 3. The predicted molar refractivity (Wildman–Crippen MR) is 86.7 cm³/mol. The highest BCUT2D eigenvalue weighted by atomic mass is 32.2. The van der Waals surface area contributed by atoms with Crippen LogP contribution >= 0.6 is 0 Å². The smallest absolute Gasteiger partial charge is 0.381 e. The van der Waals surface area contributed by atoms with Crippen LogP contribution in [0.1, 0.15) is 16.8 Å². The molecule has 0 bridgehead atoms. The van der Waals surface area contributed by atoms with E-state index >= 15 is 0 Å². The molecule has 1 aliphatic heterocycles. The molecule has 0 spiro atoms. The van der Waals surface area contributed by atoms with Gasteiger partial charge in [0.1, 0.15) is 6.54 Å². The summed E-state index contributed by atoms with van der Waals surface area (Å²) in [5.74, 6) is 1.30. The number of carbonyl (C=O) groups is 1. The molecule has 0 unspecified atom stereocenters. The molecule has 0 aromatic heterocycles. The second-order valence-electron chi connectivity index (χ2n) is 5.71. The largest absolute Gasteiger partial charge is 0.405 e. The number of terminal acetylenes is 1. The van der Waals surface area contributed by atoms with Crippen LogP contribution in [-0.4, -0.2) is 46.3 Å². The summed E-state index contributed by atoms with van der Waals surface area (Å²) in [6.45, 7) is -0.608. The Balaban J connectivity index is 2.06. The van der Waals surface area contributed by atoms with E-state index in [1.807, 2.05) is 0 Å². The Morgan fingerprint density at radius 3 is 2.50 bits per heavy atom.